The molecule has 0 unspecified atom stereocenters. The number of benzene rings is 2. The standard InChI is InChI=1S/C19H16Cl2F2N2O2/c1-3-27-19(26)11(2)6-18(12-7-13(20)9-14(22)8-12)25(24)15-4-5-17(23)16(21)10-15/h4-10H,2-3,24H2,1H3/b18-6-. The van der Waals surface area contributed by atoms with Gasteiger partial charge in [-0.05, 0) is 49.4 Å². The molecule has 0 aliphatic heterocycles. The summed E-state index contributed by atoms with van der Waals surface area (Å²) in [5.74, 6) is 4.25. The van der Waals surface area contributed by atoms with Crippen molar-refractivity contribution in [2.24, 2.45) is 5.84 Å². The van der Waals surface area contributed by atoms with E-state index in [1.807, 2.05) is 0 Å². The molecule has 2 rings (SSSR count). The number of anilines is 1. The Morgan fingerprint density at radius 1 is 1.26 bits per heavy atom. The van der Waals surface area contributed by atoms with Gasteiger partial charge in [-0.25, -0.2) is 19.4 Å². The van der Waals surface area contributed by atoms with E-state index in [9.17, 15) is 13.6 Å². The Labute approximate surface area is 165 Å². The summed E-state index contributed by atoms with van der Waals surface area (Å²) in [5.41, 5.74) is 0.728. The van der Waals surface area contributed by atoms with Crippen LogP contribution in [0, 0.1) is 11.6 Å². The van der Waals surface area contributed by atoms with Crippen molar-refractivity contribution in [2.45, 2.75) is 6.92 Å². The number of carbonyl (C=O) groups is 1. The van der Waals surface area contributed by atoms with Crippen LogP contribution < -0.4 is 10.9 Å². The number of hydrogen-bond acceptors (Lipinski definition) is 4. The second-order valence-electron chi connectivity index (χ2n) is 5.40. The van der Waals surface area contributed by atoms with Gasteiger partial charge < -0.3 is 4.74 Å². The van der Waals surface area contributed by atoms with Gasteiger partial charge in [0.15, 0.2) is 0 Å². The van der Waals surface area contributed by atoms with Gasteiger partial charge in [0.05, 0.1) is 28.6 Å². The molecule has 0 bridgehead atoms. The first-order valence-electron chi connectivity index (χ1n) is 7.77. The number of nitrogens with two attached hydrogens (primary N) is 1. The third-order valence-electron chi connectivity index (χ3n) is 3.45. The van der Waals surface area contributed by atoms with Gasteiger partial charge in [0, 0.05) is 10.6 Å². The molecular formula is C19H16Cl2F2N2O2. The fourth-order valence-electron chi connectivity index (χ4n) is 2.22. The fraction of sp³-hybridized carbons (Fsp3) is 0.105. The Morgan fingerprint density at radius 3 is 2.56 bits per heavy atom. The van der Waals surface area contributed by atoms with Gasteiger partial charge in [0.1, 0.15) is 11.6 Å². The summed E-state index contributed by atoms with van der Waals surface area (Å²) in [6.45, 7) is 5.46. The molecule has 0 saturated heterocycles. The van der Waals surface area contributed by atoms with E-state index < -0.39 is 17.6 Å². The molecule has 0 radical (unpaired) electrons. The van der Waals surface area contributed by atoms with Crippen LogP contribution in [0.4, 0.5) is 14.5 Å². The summed E-state index contributed by atoms with van der Waals surface area (Å²) < 4.78 is 32.2. The van der Waals surface area contributed by atoms with E-state index in [1.165, 1.54) is 30.3 Å². The van der Waals surface area contributed by atoms with E-state index in [4.69, 9.17) is 33.8 Å². The number of carbonyl (C=O) groups excluding carboxylic acids is 1. The lowest BCUT2D eigenvalue weighted by Crippen LogP contribution is -2.29. The highest BCUT2D eigenvalue weighted by Crippen LogP contribution is 2.29. The maximum absolute atomic E-state index is 13.8. The lowest BCUT2D eigenvalue weighted by molar-refractivity contribution is -0.138. The highest BCUT2D eigenvalue weighted by atomic mass is 35.5. The first-order valence-corrected chi connectivity index (χ1v) is 8.52. The zero-order chi connectivity index (χ0) is 20.1. The van der Waals surface area contributed by atoms with Crippen LogP contribution in [-0.4, -0.2) is 12.6 Å². The van der Waals surface area contributed by atoms with E-state index in [1.54, 1.807) is 6.92 Å². The van der Waals surface area contributed by atoms with Crippen LogP contribution in [0.25, 0.3) is 5.70 Å². The first-order chi connectivity index (χ1) is 12.7. The maximum Gasteiger partial charge on any atom is 0.337 e. The second-order valence-corrected chi connectivity index (χ2v) is 6.25. The van der Waals surface area contributed by atoms with E-state index >= 15 is 0 Å². The largest absolute Gasteiger partial charge is 0.462 e. The van der Waals surface area contributed by atoms with Gasteiger partial charge in [-0.15, -0.1) is 0 Å². The SMILES string of the molecule is C=C(/C=C(/c1cc(F)cc(Cl)c1)N(N)c1ccc(F)c(Cl)c1)C(=O)OCC. The number of nitrogens with zero attached hydrogens (tertiary/aromatic N) is 1. The maximum atomic E-state index is 13.8. The van der Waals surface area contributed by atoms with Gasteiger partial charge in [-0.2, -0.15) is 0 Å². The molecule has 2 aromatic carbocycles. The monoisotopic (exact) mass is 412 g/mol. The number of hydrazine groups is 1. The molecule has 0 amide bonds. The highest BCUT2D eigenvalue weighted by Gasteiger charge is 2.16. The van der Waals surface area contributed by atoms with Crippen LogP contribution in [-0.2, 0) is 9.53 Å². The molecule has 0 aromatic heterocycles. The molecule has 0 spiro atoms. The minimum absolute atomic E-state index is 0.0177. The highest BCUT2D eigenvalue weighted by molar-refractivity contribution is 6.31. The predicted octanol–water partition coefficient (Wildman–Crippen LogP) is 5.11. The van der Waals surface area contributed by atoms with Gasteiger partial charge in [0.2, 0.25) is 0 Å². The van der Waals surface area contributed by atoms with Crippen LogP contribution in [0.1, 0.15) is 12.5 Å². The molecule has 0 heterocycles. The van der Waals surface area contributed by atoms with E-state index in [2.05, 4.69) is 6.58 Å². The van der Waals surface area contributed by atoms with Gasteiger partial charge in [0.25, 0.3) is 0 Å². The molecule has 0 atom stereocenters. The van der Waals surface area contributed by atoms with E-state index in [0.717, 1.165) is 17.1 Å². The van der Waals surface area contributed by atoms with Crippen molar-refractivity contribution in [3.05, 3.63) is 81.9 Å². The normalized spacial score (nSPS) is 11.3. The molecule has 0 aliphatic carbocycles. The van der Waals surface area contributed by atoms with Crippen molar-refractivity contribution in [1.82, 2.24) is 0 Å². The van der Waals surface area contributed by atoms with Crippen molar-refractivity contribution in [1.29, 1.82) is 0 Å². The molecule has 2 N–H and O–H groups in total. The Bertz CT molecular complexity index is 896. The Balaban J connectivity index is 2.56. The van der Waals surface area contributed by atoms with Crippen LogP contribution in [0.15, 0.2) is 54.6 Å². The average molecular weight is 413 g/mol. The predicted molar refractivity (Wildman–Crippen MR) is 103 cm³/mol. The molecule has 4 nitrogen and oxygen atoms in total. The topological polar surface area (TPSA) is 55.6 Å². The number of rotatable bonds is 6. The molecule has 0 aliphatic rings. The number of halogens is 4. The first kappa shape index (κ1) is 20.9. The van der Waals surface area contributed by atoms with Crippen molar-refractivity contribution in [2.75, 3.05) is 11.6 Å². The summed E-state index contributed by atoms with van der Waals surface area (Å²) in [6.07, 6.45) is 1.32. The fourth-order valence-corrected chi connectivity index (χ4v) is 2.61. The smallest absolute Gasteiger partial charge is 0.337 e. The summed E-state index contributed by atoms with van der Waals surface area (Å²) >= 11 is 11.7. The van der Waals surface area contributed by atoms with Crippen LogP contribution >= 0.6 is 23.2 Å². The second kappa shape index (κ2) is 8.99. The Morgan fingerprint density at radius 2 is 1.96 bits per heavy atom. The van der Waals surface area contributed by atoms with Crippen LogP contribution in [0.5, 0.6) is 0 Å². The molecule has 27 heavy (non-hydrogen) atoms. The molecular weight excluding hydrogens is 397 g/mol. The summed E-state index contributed by atoms with van der Waals surface area (Å²) in [5, 5.41) is 1.09. The third-order valence-corrected chi connectivity index (χ3v) is 3.96. The van der Waals surface area contributed by atoms with Crippen molar-refractivity contribution in [3.63, 3.8) is 0 Å². The minimum atomic E-state index is -0.664. The molecule has 142 valence electrons. The number of ether oxygens (including phenoxy) is 1. The summed E-state index contributed by atoms with van der Waals surface area (Å²) in [4.78, 5) is 11.9. The van der Waals surface area contributed by atoms with Gasteiger partial charge in [-0.3, -0.25) is 5.01 Å². The van der Waals surface area contributed by atoms with Crippen LogP contribution in [0.3, 0.4) is 0 Å². The van der Waals surface area contributed by atoms with Crippen molar-refractivity contribution < 1.29 is 18.3 Å². The van der Waals surface area contributed by atoms with Crippen molar-refractivity contribution >= 4 is 40.6 Å². The van der Waals surface area contributed by atoms with E-state index in [0.29, 0.717) is 5.69 Å². The molecule has 0 saturated carbocycles. The Kier molecular flexibility index (Phi) is 6.96. The zero-order valence-electron chi connectivity index (χ0n) is 14.3. The number of esters is 1. The Hall–Kier alpha value is -2.41. The van der Waals surface area contributed by atoms with E-state index in [-0.39, 0.29) is 33.5 Å². The van der Waals surface area contributed by atoms with Crippen molar-refractivity contribution in [3.8, 4) is 0 Å². The van der Waals surface area contributed by atoms with Crippen LogP contribution in [0.2, 0.25) is 10.0 Å². The lowest BCUT2D eigenvalue weighted by Gasteiger charge is -2.23. The summed E-state index contributed by atoms with van der Waals surface area (Å²) in [6, 6.07) is 7.56. The third kappa shape index (κ3) is 5.29. The van der Waals surface area contributed by atoms with Gasteiger partial charge >= 0.3 is 5.97 Å². The summed E-state index contributed by atoms with van der Waals surface area (Å²) in [7, 11) is 0. The molecule has 0 fully saturated rings. The zero-order valence-corrected chi connectivity index (χ0v) is 15.8. The average Bonchev–Trinajstić information content (AvgIpc) is 2.60. The molecule has 8 heteroatoms. The lowest BCUT2D eigenvalue weighted by atomic mass is 10.1. The number of hydrogen-bond donors (Lipinski definition) is 1. The molecule has 2 aromatic rings. The minimum Gasteiger partial charge on any atom is -0.462 e. The van der Waals surface area contributed by atoms with Gasteiger partial charge in [-0.1, -0.05) is 29.8 Å². The quantitative estimate of drug-likeness (QED) is 0.235.